The lowest BCUT2D eigenvalue weighted by molar-refractivity contribution is -0.158. The molecule has 0 saturated carbocycles. The third-order valence-corrected chi connectivity index (χ3v) is 5.15. The number of benzene rings is 1. The molecule has 1 aliphatic rings. The van der Waals surface area contributed by atoms with Gasteiger partial charge >= 0.3 is 5.97 Å². The Balaban J connectivity index is 2.06. The van der Waals surface area contributed by atoms with Crippen LogP contribution in [-0.2, 0) is 25.5 Å². The minimum Gasteiger partial charge on any atom is -0.461 e. The lowest BCUT2D eigenvalue weighted by Gasteiger charge is -2.28. The number of hydrogen-bond acceptors (Lipinski definition) is 5. The third kappa shape index (κ3) is 4.98. The second-order valence-electron chi connectivity index (χ2n) is 6.05. The van der Waals surface area contributed by atoms with E-state index in [4.69, 9.17) is 9.47 Å². The van der Waals surface area contributed by atoms with Crippen LogP contribution in [0.15, 0.2) is 30.3 Å². The van der Waals surface area contributed by atoms with E-state index in [0.29, 0.717) is 5.75 Å². The molecule has 5 nitrogen and oxygen atoms in total. The molecule has 6 heteroatoms. The molecule has 1 fully saturated rings. The Morgan fingerprint density at radius 1 is 1.29 bits per heavy atom. The molecule has 1 heterocycles. The molecule has 1 saturated heterocycles. The van der Waals surface area contributed by atoms with Crippen molar-refractivity contribution in [2.75, 3.05) is 19.5 Å². The molecule has 0 spiro atoms. The summed E-state index contributed by atoms with van der Waals surface area (Å²) in [4.78, 5) is 26.4. The van der Waals surface area contributed by atoms with Gasteiger partial charge in [0.1, 0.15) is 12.6 Å². The first-order chi connectivity index (χ1) is 11.5. The molecule has 2 unspecified atom stereocenters. The Morgan fingerprint density at radius 3 is 2.62 bits per heavy atom. The minimum atomic E-state index is -0.527. The van der Waals surface area contributed by atoms with E-state index in [9.17, 15) is 9.59 Å². The summed E-state index contributed by atoms with van der Waals surface area (Å²) in [6, 6.07) is 9.62. The van der Waals surface area contributed by atoms with Crippen LogP contribution in [0.2, 0.25) is 0 Å². The van der Waals surface area contributed by atoms with Gasteiger partial charge in [-0.15, -0.1) is 11.8 Å². The van der Waals surface area contributed by atoms with Crippen LogP contribution in [0.1, 0.15) is 25.8 Å². The summed E-state index contributed by atoms with van der Waals surface area (Å²) in [7, 11) is 1.49. The number of nitrogens with zero attached hydrogens (tertiary/aromatic N) is 1. The lowest BCUT2D eigenvalue weighted by atomic mass is 10.1. The van der Waals surface area contributed by atoms with Crippen LogP contribution in [-0.4, -0.2) is 53.8 Å². The fourth-order valence-electron chi connectivity index (χ4n) is 2.75. The van der Waals surface area contributed by atoms with Crippen molar-refractivity contribution in [1.82, 2.24) is 4.90 Å². The SMILES string of the molecule is COCC(=O)N1C(CCc2ccccc2)SCC1C(=O)OC(C)C. The Labute approximate surface area is 147 Å². The van der Waals surface area contributed by atoms with Gasteiger partial charge in [-0.1, -0.05) is 30.3 Å². The first-order valence-corrected chi connectivity index (χ1v) is 9.24. The Kier molecular flexibility index (Phi) is 7.12. The highest BCUT2D eigenvalue weighted by Crippen LogP contribution is 2.33. The number of carbonyl (C=O) groups is 2. The summed E-state index contributed by atoms with van der Waals surface area (Å²) in [6.07, 6.45) is 1.47. The molecule has 0 bridgehead atoms. The number of aryl methyl sites for hydroxylation is 1. The zero-order valence-electron chi connectivity index (χ0n) is 14.4. The van der Waals surface area contributed by atoms with Gasteiger partial charge in [0, 0.05) is 12.9 Å². The summed E-state index contributed by atoms with van der Waals surface area (Å²) in [5.41, 5.74) is 1.23. The van der Waals surface area contributed by atoms with E-state index in [1.807, 2.05) is 32.0 Å². The molecule has 1 aromatic carbocycles. The van der Waals surface area contributed by atoms with E-state index in [1.165, 1.54) is 12.7 Å². The van der Waals surface area contributed by atoms with Gasteiger partial charge < -0.3 is 14.4 Å². The number of rotatable bonds is 7. The van der Waals surface area contributed by atoms with Crippen LogP contribution in [0.4, 0.5) is 0 Å². The number of thioether (sulfide) groups is 1. The van der Waals surface area contributed by atoms with E-state index in [2.05, 4.69) is 12.1 Å². The predicted octanol–water partition coefficient (Wildman–Crippen LogP) is 2.49. The fourth-order valence-corrected chi connectivity index (χ4v) is 4.16. The standard InChI is InChI=1S/C18H25NO4S/c1-13(2)23-18(21)15-12-24-17(19(15)16(20)11-22-3)10-9-14-7-5-4-6-8-14/h4-8,13,15,17H,9-12H2,1-3H3. The van der Waals surface area contributed by atoms with Gasteiger partial charge in [-0.3, -0.25) is 4.79 Å². The largest absolute Gasteiger partial charge is 0.461 e. The van der Waals surface area contributed by atoms with Crippen LogP contribution >= 0.6 is 11.8 Å². The van der Waals surface area contributed by atoms with Gasteiger partial charge in [0.05, 0.1) is 11.5 Å². The summed E-state index contributed by atoms with van der Waals surface area (Å²) >= 11 is 1.64. The molecule has 24 heavy (non-hydrogen) atoms. The van der Waals surface area contributed by atoms with Crippen LogP contribution in [0.3, 0.4) is 0 Å². The zero-order chi connectivity index (χ0) is 17.5. The highest BCUT2D eigenvalue weighted by atomic mass is 32.2. The molecule has 132 valence electrons. The number of esters is 1. The quantitative estimate of drug-likeness (QED) is 0.707. The van der Waals surface area contributed by atoms with Crippen molar-refractivity contribution in [3.05, 3.63) is 35.9 Å². The summed E-state index contributed by atoms with van der Waals surface area (Å²) in [6.45, 7) is 3.61. The Bertz CT molecular complexity index is 549. The van der Waals surface area contributed by atoms with E-state index in [1.54, 1.807) is 16.7 Å². The van der Waals surface area contributed by atoms with Crippen molar-refractivity contribution in [3.8, 4) is 0 Å². The number of ether oxygens (including phenoxy) is 2. The summed E-state index contributed by atoms with van der Waals surface area (Å²) < 4.78 is 10.3. The van der Waals surface area contributed by atoms with Crippen molar-refractivity contribution >= 4 is 23.6 Å². The average Bonchev–Trinajstić information content (AvgIpc) is 2.97. The van der Waals surface area contributed by atoms with Gasteiger partial charge in [-0.25, -0.2) is 4.79 Å². The van der Waals surface area contributed by atoms with Crippen LogP contribution in [0, 0.1) is 0 Å². The zero-order valence-corrected chi connectivity index (χ0v) is 15.3. The molecule has 0 aromatic heterocycles. The maximum atomic E-state index is 12.4. The Morgan fingerprint density at radius 2 is 2.00 bits per heavy atom. The van der Waals surface area contributed by atoms with E-state index in [0.717, 1.165) is 12.8 Å². The van der Waals surface area contributed by atoms with Crippen molar-refractivity contribution in [2.45, 2.75) is 44.2 Å². The van der Waals surface area contributed by atoms with Crippen molar-refractivity contribution in [3.63, 3.8) is 0 Å². The van der Waals surface area contributed by atoms with Crippen molar-refractivity contribution in [2.24, 2.45) is 0 Å². The first kappa shape index (κ1) is 18.8. The van der Waals surface area contributed by atoms with Gasteiger partial charge in [0.25, 0.3) is 0 Å². The molecule has 0 radical (unpaired) electrons. The molecular formula is C18H25NO4S. The molecule has 0 aliphatic carbocycles. The predicted molar refractivity (Wildman–Crippen MR) is 94.7 cm³/mol. The Hall–Kier alpha value is -1.53. The van der Waals surface area contributed by atoms with Gasteiger partial charge in [-0.05, 0) is 32.3 Å². The topological polar surface area (TPSA) is 55.8 Å². The maximum absolute atomic E-state index is 12.4. The summed E-state index contributed by atoms with van der Waals surface area (Å²) in [5, 5.41) is -0.0300. The number of carbonyl (C=O) groups excluding carboxylic acids is 2. The molecule has 2 atom stereocenters. The molecule has 1 amide bonds. The van der Waals surface area contributed by atoms with Crippen LogP contribution in [0.5, 0.6) is 0 Å². The number of methoxy groups -OCH3 is 1. The highest BCUT2D eigenvalue weighted by molar-refractivity contribution is 8.00. The second-order valence-corrected chi connectivity index (χ2v) is 7.26. The van der Waals surface area contributed by atoms with Gasteiger partial charge in [0.15, 0.2) is 0 Å². The van der Waals surface area contributed by atoms with Crippen molar-refractivity contribution in [1.29, 1.82) is 0 Å². The first-order valence-electron chi connectivity index (χ1n) is 8.19. The van der Waals surface area contributed by atoms with Crippen LogP contribution in [0.25, 0.3) is 0 Å². The number of hydrogen-bond donors (Lipinski definition) is 0. The highest BCUT2D eigenvalue weighted by Gasteiger charge is 2.42. The molecule has 0 N–H and O–H groups in total. The molecule has 1 aromatic rings. The molecular weight excluding hydrogens is 326 g/mol. The van der Waals surface area contributed by atoms with Gasteiger partial charge in [-0.2, -0.15) is 0 Å². The lowest BCUT2D eigenvalue weighted by Crippen LogP contribution is -2.48. The average molecular weight is 351 g/mol. The minimum absolute atomic E-state index is 0.0200. The number of amides is 1. The van der Waals surface area contributed by atoms with Crippen LogP contribution < -0.4 is 0 Å². The molecule has 1 aliphatic heterocycles. The molecule has 2 rings (SSSR count). The smallest absolute Gasteiger partial charge is 0.330 e. The third-order valence-electron chi connectivity index (χ3n) is 3.80. The monoisotopic (exact) mass is 351 g/mol. The second kappa shape index (κ2) is 9.08. The summed E-state index contributed by atoms with van der Waals surface area (Å²) in [5.74, 6) is 0.0796. The maximum Gasteiger partial charge on any atom is 0.330 e. The fraction of sp³-hybridized carbons (Fsp3) is 0.556. The van der Waals surface area contributed by atoms with Gasteiger partial charge in [0.2, 0.25) is 5.91 Å². The van der Waals surface area contributed by atoms with E-state index >= 15 is 0 Å². The van der Waals surface area contributed by atoms with E-state index in [-0.39, 0.29) is 30.0 Å². The van der Waals surface area contributed by atoms with Crippen molar-refractivity contribution < 1.29 is 19.1 Å². The normalized spacial score (nSPS) is 20.4. The van der Waals surface area contributed by atoms with E-state index < -0.39 is 6.04 Å².